The Labute approximate surface area is 112 Å². The summed E-state index contributed by atoms with van der Waals surface area (Å²) in [6.07, 6.45) is 0. The summed E-state index contributed by atoms with van der Waals surface area (Å²) in [5.41, 5.74) is 0.881. The van der Waals surface area contributed by atoms with Crippen LogP contribution in [0.25, 0.3) is 0 Å². The number of ether oxygens (including phenoxy) is 1. The first-order valence-electron chi connectivity index (χ1n) is 5.05. The van der Waals surface area contributed by atoms with Crippen LogP contribution < -0.4 is 10.1 Å². The van der Waals surface area contributed by atoms with Crippen molar-refractivity contribution in [3.05, 3.63) is 32.6 Å². The molecule has 0 aromatic carbocycles. The molecule has 6 heteroatoms. The zero-order valence-corrected chi connectivity index (χ0v) is 11.9. The summed E-state index contributed by atoms with van der Waals surface area (Å²) in [5.74, 6) is 1.17. The van der Waals surface area contributed by atoms with Crippen LogP contribution in [0.4, 0.5) is 5.95 Å². The molecule has 4 nitrogen and oxygen atoms in total. The number of thiophene rings is 1. The van der Waals surface area contributed by atoms with Gasteiger partial charge in [-0.05, 0) is 35.0 Å². The molecule has 2 aromatic heterocycles. The van der Waals surface area contributed by atoms with Gasteiger partial charge in [0.25, 0.3) is 0 Å². The zero-order chi connectivity index (χ0) is 12.3. The first kappa shape index (κ1) is 12.3. The number of aromatic nitrogens is 2. The molecular formula is C11H12BrN3OS. The highest BCUT2D eigenvalue weighted by Gasteiger charge is 2.03. The summed E-state index contributed by atoms with van der Waals surface area (Å²) < 4.78 is 6.22. The maximum atomic E-state index is 5.10. The molecule has 0 atom stereocenters. The Morgan fingerprint density at radius 1 is 1.41 bits per heavy atom. The lowest BCUT2D eigenvalue weighted by Crippen LogP contribution is -2.04. The van der Waals surface area contributed by atoms with Gasteiger partial charge >= 0.3 is 0 Å². The van der Waals surface area contributed by atoms with Crippen LogP contribution in [-0.4, -0.2) is 17.1 Å². The molecule has 1 N–H and O–H groups in total. The largest absolute Gasteiger partial charge is 0.481 e. The molecule has 0 saturated heterocycles. The van der Waals surface area contributed by atoms with E-state index in [9.17, 15) is 0 Å². The fraction of sp³-hybridized carbons (Fsp3) is 0.273. The standard InChI is InChI=1S/C11H12BrN3OS/c1-7-5-10(16-2)15-11(14-7)13-6-8-3-4-9(12)17-8/h3-5H,6H2,1-2H3,(H,13,14,15). The Morgan fingerprint density at radius 3 is 2.88 bits per heavy atom. The molecule has 0 radical (unpaired) electrons. The summed E-state index contributed by atoms with van der Waals surface area (Å²) in [6.45, 7) is 2.62. The van der Waals surface area contributed by atoms with Gasteiger partial charge in [0.05, 0.1) is 17.4 Å². The van der Waals surface area contributed by atoms with Crippen molar-refractivity contribution in [1.82, 2.24) is 9.97 Å². The Bertz CT molecular complexity index is 515. The summed E-state index contributed by atoms with van der Waals surface area (Å²) in [4.78, 5) is 9.74. The lowest BCUT2D eigenvalue weighted by atomic mass is 10.4. The number of nitrogens with one attached hydrogen (secondary N) is 1. The Morgan fingerprint density at radius 2 is 2.24 bits per heavy atom. The minimum atomic E-state index is 0.576. The van der Waals surface area contributed by atoms with Gasteiger partial charge in [0.1, 0.15) is 0 Å². The Kier molecular flexibility index (Phi) is 3.96. The van der Waals surface area contributed by atoms with Crippen LogP contribution in [0, 0.1) is 6.92 Å². The topological polar surface area (TPSA) is 47.0 Å². The number of methoxy groups -OCH3 is 1. The minimum Gasteiger partial charge on any atom is -0.481 e. The molecule has 0 unspecified atom stereocenters. The third kappa shape index (κ3) is 3.41. The highest BCUT2D eigenvalue weighted by Crippen LogP contribution is 2.22. The summed E-state index contributed by atoms with van der Waals surface area (Å²) >= 11 is 5.12. The fourth-order valence-corrected chi connectivity index (χ4v) is 2.76. The molecule has 0 amide bonds. The van der Waals surface area contributed by atoms with Gasteiger partial charge in [-0.3, -0.25) is 0 Å². The summed E-state index contributed by atoms with van der Waals surface area (Å²) in [5, 5.41) is 3.18. The number of aryl methyl sites for hydroxylation is 1. The molecule has 0 aliphatic rings. The first-order valence-corrected chi connectivity index (χ1v) is 6.66. The van der Waals surface area contributed by atoms with E-state index in [1.165, 1.54) is 4.88 Å². The highest BCUT2D eigenvalue weighted by molar-refractivity contribution is 9.11. The van der Waals surface area contributed by atoms with Crippen molar-refractivity contribution in [2.45, 2.75) is 13.5 Å². The van der Waals surface area contributed by atoms with Crippen molar-refractivity contribution in [1.29, 1.82) is 0 Å². The van der Waals surface area contributed by atoms with E-state index in [-0.39, 0.29) is 0 Å². The van der Waals surface area contributed by atoms with Crippen molar-refractivity contribution >= 4 is 33.2 Å². The van der Waals surface area contributed by atoms with Crippen molar-refractivity contribution < 1.29 is 4.74 Å². The van der Waals surface area contributed by atoms with E-state index in [1.807, 2.05) is 13.0 Å². The Hall–Kier alpha value is -1.14. The molecule has 17 heavy (non-hydrogen) atoms. The molecule has 90 valence electrons. The van der Waals surface area contributed by atoms with Gasteiger partial charge < -0.3 is 10.1 Å². The van der Waals surface area contributed by atoms with Crippen molar-refractivity contribution in [2.75, 3.05) is 12.4 Å². The van der Waals surface area contributed by atoms with Gasteiger partial charge in [0.15, 0.2) is 0 Å². The quantitative estimate of drug-likeness (QED) is 0.941. The molecule has 0 saturated carbocycles. The van der Waals surface area contributed by atoms with Crippen LogP contribution >= 0.6 is 27.3 Å². The summed E-state index contributed by atoms with van der Waals surface area (Å²) in [7, 11) is 1.60. The molecule has 2 heterocycles. The van der Waals surface area contributed by atoms with Gasteiger partial charge in [-0.15, -0.1) is 11.3 Å². The molecule has 2 aromatic rings. The third-order valence-electron chi connectivity index (χ3n) is 2.09. The second-order valence-electron chi connectivity index (χ2n) is 3.43. The number of hydrogen-bond acceptors (Lipinski definition) is 5. The predicted molar refractivity (Wildman–Crippen MR) is 72.7 cm³/mol. The monoisotopic (exact) mass is 313 g/mol. The number of rotatable bonds is 4. The van der Waals surface area contributed by atoms with Crippen LogP contribution in [0.1, 0.15) is 10.6 Å². The molecule has 0 spiro atoms. The SMILES string of the molecule is COc1cc(C)nc(NCc2ccc(Br)s2)n1. The van der Waals surface area contributed by atoms with Gasteiger partial charge in [0, 0.05) is 16.6 Å². The third-order valence-corrected chi connectivity index (χ3v) is 3.71. The number of anilines is 1. The van der Waals surface area contributed by atoms with Crippen LogP contribution in [0.2, 0.25) is 0 Å². The molecule has 0 aliphatic heterocycles. The van der Waals surface area contributed by atoms with E-state index in [0.717, 1.165) is 9.48 Å². The van der Waals surface area contributed by atoms with Gasteiger partial charge in [-0.1, -0.05) is 0 Å². The van der Waals surface area contributed by atoms with Crippen LogP contribution in [0.5, 0.6) is 5.88 Å². The van der Waals surface area contributed by atoms with Crippen molar-refractivity contribution in [2.24, 2.45) is 0 Å². The maximum absolute atomic E-state index is 5.10. The minimum absolute atomic E-state index is 0.576. The Balaban J connectivity index is 2.05. The maximum Gasteiger partial charge on any atom is 0.226 e. The number of nitrogens with zero attached hydrogens (tertiary/aromatic N) is 2. The molecule has 0 bridgehead atoms. The average molecular weight is 314 g/mol. The lowest BCUT2D eigenvalue weighted by Gasteiger charge is -2.06. The van der Waals surface area contributed by atoms with E-state index < -0.39 is 0 Å². The molecule has 0 fully saturated rings. The normalized spacial score (nSPS) is 10.3. The van der Waals surface area contributed by atoms with Gasteiger partial charge in [-0.25, -0.2) is 4.98 Å². The second-order valence-corrected chi connectivity index (χ2v) is 5.98. The highest BCUT2D eigenvalue weighted by atomic mass is 79.9. The number of hydrogen-bond donors (Lipinski definition) is 1. The molecule has 2 rings (SSSR count). The van der Waals surface area contributed by atoms with Crippen LogP contribution in [0.15, 0.2) is 22.0 Å². The van der Waals surface area contributed by atoms with Crippen LogP contribution in [-0.2, 0) is 6.54 Å². The smallest absolute Gasteiger partial charge is 0.226 e. The van der Waals surface area contributed by atoms with E-state index in [2.05, 4.69) is 37.3 Å². The summed E-state index contributed by atoms with van der Waals surface area (Å²) in [6, 6.07) is 5.89. The van der Waals surface area contributed by atoms with E-state index in [1.54, 1.807) is 24.5 Å². The fourth-order valence-electron chi connectivity index (χ4n) is 1.34. The molecular weight excluding hydrogens is 302 g/mol. The first-order chi connectivity index (χ1) is 8.17. The van der Waals surface area contributed by atoms with Crippen molar-refractivity contribution in [3.63, 3.8) is 0 Å². The van der Waals surface area contributed by atoms with E-state index >= 15 is 0 Å². The average Bonchev–Trinajstić information content (AvgIpc) is 2.72. The van der Waals surface area contributed by atoms with Crippen LogP contribution in [0.3, 0.4) is 0 Å². The molecule has 0 aliphatic carbocycles. The second kappa shape index (κ2) is 5.46. The number of halogens is 1. The predicted octanol–water partition coefficient (Wildman–Crippen LogP) is 3.23. The lowest BCUT2D eigenvalue weighted by molar-refractivity contribution is 0.397. The zero-order valence-electron chi connectivity index (χ0n) is 9.53. The van der Waals surface area contributed by atoms with E-state index in [4.69, 9.17) is 4.74 Å². The van der Waals surface area contributed by atoms with Gasteiger partial charge in [-0.2, -0.15) is 4.98 Å². The van der Waals surface area contributed by atoms with Crippen molar-refractivity contribution in [3.8, 4) is 5.88 Å². The van der Waals surface area contributed by atoms with E-state index in [0.29, 0.717) is 18.4 Å². The van der Waals surface area contributed by atoms with Gasteiger partial charge in [0.2, 0.25) is 11.8 Å².